The monoisotopic (exact) mass is 598 g/mol. The van der Waals surface area contributed by atoms with Crippen LogP contribution in [0, 0.1) is 11.8 Å². The molecule has 1 aliphatic heterocycles. The number of nitrogens with zero attached hydrogens (tertiary/aromatic N) is 1. The number of hydrogen-bond acceptors (Lipinski definition) is 5. The van der Waals surface area contributed by atoms with E-state index in [0.717, 1.165) is 57.9 Å². The van der Waals surface area contributed by atoms with Crippen molar-refractivity contribution in [3.63, 3.8) is 0 Å². The van der Waals surface area contributed by atoms with E-state index in [-0.39, 0.29) is 23.9 Å². The molecular formula is C35H58N4O4. The number of nitrogens with one attached hydrogen (secondary N) is 3. The van der Waals surface area contributed by atoms with Crippen molar-refractivity contribution >= 4 is 17.9 Å². The average molecular weight is 599 g/mol. The van der Waals surface area contributed by atoms with Gasteiger partial charge < -0.3 is 20.7 Å². The molecule has 1 aliphatic carbocycles. The van der Waals surface area contributed by atoms with E-state index in [4.69, 9.17) is 4.74 Å². The van der Waals surface area contributed by atoms with E-state index in [1.807, 2.05) is 26.8 Å². The van der Waals surface area contributed by atoms with E-state index in [1.165, 1.54) is 24.8 Å². The van der Waals surface area contributed by atoms with Crippen LogP contribution in [0.1, 0.15) is 111 Å². The zero-order valence-corrected chi connectivity index (χ0v) is 27.5. The van der Waals surface area contributed by atoms with E-state index in [2.05, 4.69) is 59.0 Å². The quantitative estimate of drug-likeness (QED) is 0.216. The number of ether oxygens (including phenoxy) is 1. The summed E-state index contributed by atoms with van der Waals surface area (Å²) in [5.74, 6) is 0.733. The SMILES string of the molecule is CC(C)CC(CN1CCC[C@H]1C(=O)NCCCCc1ccccc1)NC(=O)[C@H](CC1CCCCC1)NC(=O)OC(C)(C)C. The van der Waals surface area contributed by atoms with Crippen LogP contribution >= 0.6 is 0 Å². The Morgan fingerprint density at radius 2 is 1.67 bits per heavy atom. The summed E-state index contributed by atoms with van der Waals surface area (Å²) >= 11 is 0. The molecule has 1 saturated heterocycles. The lowest BCUT2D eigenvalue weighted by atomic mass is 9.84. The molecule has 3 N–H and O–H groups in total. The van der Waals surface area contributed by atoms with E-state index in [9.17, 15) is 14.4 Å². The molecule has 0 spiro atoms. The number of aryl methyl sites for hydroxylation is 1. The van der Waals surface area contributed by atoms with Crippen LogP contribution < -0.4 is 16.0 Å². The summed E-state index contributed by atoms with van der Waals surface area (Å²) in [6.45, 7) is 11.9. The Morgan fingerprint density at radius 3 is 2.35 bits per heavy atom. The maximum atomic E-state index is 13.7. The fourth-order valence-corrected chi connectivity index (χ4v) is 6.54. The minimum absolute atomic E-state index is 0.0913. The van der Waals surface area contributed by atoms with Crippen molar-refractivity contribution in [2.45, 2.75) is 135 Å². The van der Waals surface area contributed by atoms with Crippen LogP contribution in [-0.2, 0) is 20.7 Å². The van der Waals surface area contributed by atoms with E-state index >= 15 is 0 Å². The fraction of sp³-hybridized carbons (Fsp3) is 0.743. The third kappa shape index (κ3) is 13.3. The zero-order chi connectivity index (χ0) is 31.2. The van der Waals surface area contributed by atoms with Gasteiger partial charge in [-0.2, -0.15) is 0 Å². The molecule has 3 atom stereocenters. The number of carbonyl (C=O) groups is 3. The Kier molecular flexibility index (Phi) is 14.3. The molecule has 2 aliphatic rings. The number of amides is 3. The normalized spacial score (nSPS) is 19.5. The number of hydrogen-bond donors (Lipinski definition) is 3. The predicted molar refractivity (Wildman–Crippen MR) is 173 cm³/mol. The third-order valence-corrected chi connectivity index (χ3v) is 8.56. The molecule has 8 nitrogen and oxygen atoms in total. The molecule has 1 aromatic rings. The van der Waals surface area contributed by atoms with Crippen molar-refractivity contribution in [3.8, 4) is 0 Å². The highest BCUT2D eigenvalue weighted by Gasteiger charge is 2.34. The summed E-state index contributed by atoms with van der Waals surface area (Å²) in [4.78, 5) is 41.9. The summed E-state index contributed by atoms with van der Waals surface area (Å²) in [5, 5.41) is 9.35. The van der Waals surface area contributed by atoms with Crippen molar-refractivity contribution in [1.82, 2.24) is 20.9 Å². The average Bonchev–Trinajstić information content (AvgIpc) is 3.40. The molecule has 43 heavy (non-hydrogen) atoms. The number of rotatable bonds is 15. The van der Waals surface area contributed by atoms with Crippen LogP contribution in [0.15, 0.2) is 30.3 Å². The summed E-state index contributed by atoms with van der Waals surface area (Å²) in [5.41, 5.74) is 0.694. The Morgan fingerprint density at radius 1 is 0.953 bits per heavy atom. The topological polar surface area (TPSA) is 99.8 Å². The predicted octanol–water partition coefficient (Wildman–Crippen LogP) is 5.98. The Balaban J connectivity index is 1.56. The molecule has 8 heteroatoms. The molecule has 1 heterocycles. The van der Waals surface area contributed by atoms with Gasteiger partial charge in [-0.05, 0) is 89.7 Å². The van der Waals surface area contributed by atoms with Gasteiger partial charge in [-0.1, -0.05) is 76.3 Å². The van der Waals surface area contributed by atoms with Gasteiger partial charge in [0.05, 0.1) is 6.04 Å². The van der Waals surface area contributed by atoms with Gasteiger partial charge in [0, 0.05) is 19.1 Å². The number of alkyl carbamates (subject to hydrolysis) is 1. The van der Waals surface area contributed by atoms with Crippen LogP contribution in [0.3, 0.4) is 0 Å². The van der Waals surface area contributed by atoms with Gasteiger partial charge in [-0.25, -0.2) is 4.79 Å². The lowest BCUT2D eigenvalue weighted by Gasteiger charge is -2.32. The van der Waals surface area contributed by atoms with Crippen molar-refractivity contribution in [2.24, 2.45) is 11.8 Å². The first-order valence-corrected chi connectivity index (χ1v) is 16.9. The zero-order valence-electron chi connectivity index (χ0n) is 27.5. The molecular weight excluding hydrogens is 540 g/mol. The summed E-state index contributed by atoms with van der Waals surface area (Å²) in [6, 6.07) is 9.54. The second-order valence-electron chi connectivity index (χ2n) is 14.2. The van der Waals surface area contributed by atoms with E-state index in [0.29, 0.717) is 31.3 Å². The smallest absolute Gasteiger partial charge is 0.408 e. The molecule has 0 aromatic heterocycles. The summed E-state index contributed by atoms with van der Waals surface area (Å²) in [7, 11) is 0. The maximum absolute atomic E-state index is 13.7. The lowest BCUT2D eigenvalue weighted by Crippen LogP contribution is -2.55. The highest BCUT2D eigenvalue weighted by atomic mass is 16.6. The van der Waals surface area contributed by atoms with Crippen LogP contribution in [0.4, 0.5) is 4.79 Å². The van der Waals surface area contributed by atoms with Crippen LogP contribution in [0.2, 0.25) is 0 Å². The Bertz CT molecular complexity index is 987. The second kappa shape index (κ2) is 17.6. The van der Waals surface area contributed by atoms with E-state index < -0.39 is 17.7 Å². The molecule has 242 valence electrons. The minimum Gasteiger partial charge on any atom is -0.444 e. The Hall–Kier alpha value is -2.61. The lowest BCUT2D eigenvalue weighted by molar-refractivity contribution is -0.125. The number of carbonyl (C=O) groups excluding carboxylic acids is 3. The number of likely N-dealkylation sites (tertiary alicyclic amines) is 1. The molecule has 0 bridgehead atoms. The highest BCUT2D eigenvalue weighted by Crippen LogP contribution is 2.28. The van der Waals surface area contributed by atoms with Gasteiger partial charge in [-0.15, -0.1) is 0 Å². The van der Waals surface area contributed by atoms with Gasteiger partial charge >= 0.3 is 6.09 Å². The van der Waals surface area contributed by atoms with E-state index in [1.54, 1.807) is 0 Å². The summed E-state index contributed by atoms with van der Waals surface area (Å²) < 4.78 is 5.51. The van der Waals surface area contributed by atoms with Crippen molar-refractivity contribution in [2.75, 3.05) is 19.6 Å². The fourth-order valence-electron chi connectivity index (χ4n) is 6.54. The molecule has 0 radical (unpaired) electrons. The molecule has 1 saturated carbocycles. The minimum atomic E-state index is -0.638. The molecule has 2 fully saturated rings. The Labute approximate surface area is 260 Å². The molecule has 3 amide bonds. The number of benzene rings is 1. The first kappa shape index (κ1) is 34.9. The third-order valence-electron chi connectivity index (χ3n) is 8.56. The van der Waals surface area contributed by atoms with Gasteiger partial charge in [-0.3, -0.25) is 14.5 Å². The molecule has 1 unspecified atom stereocenters. The first-order valence-electron chi connectivity index (χ1n) is 16.9. The molecule has 3 rings (SSSR count). The second-order valence-corrected chi connectivity index (χ2v) is 14.2. The van der Waals surface area contributed by atoms with Crippen molar-refractivity contribution in [1.29, 1.82) is 0 Å². The largest absolute Gasteiger partial charge is 0.444 e. The molecule has 1 aromatic carbocycles. The van der Waals surface area contributed by atoms with Crippen molar-refractivity contribution in [3.05, 3.63) is 35.9 Å². The van der Waals surface area contributed by atoms with Gasteiger partial charge in [0.1, 0.15) is 11.6 Å². The maximum Gasteiger partial charge on any atom is 0.408 e. The van der Waals surface area contributed by atoms with Crippen molar-refractivity contribution < 1.29 is 19.1 Å². The first-order chi connectivity index (χ1) is 20.5. The van der Waals surface area contributed by atoms with Crippen LogP contribution in [-0.4, -0.2) is 66.2 Å². The van der Waals surface area contributed by atoms with Gasteiger partial charge in [0.25, 0.3) is 0 Å². The van der Waals surface area contributed by atoms with Crippen LogP contribution in [0.25, 0.3) is 0 Å². The number of unbranched alkanes of at least 4 members (excludes halogenated alkanes) is 1. The highest BCUT2D eigenvalue weighted by molar-refractivity contribution is 5.86. The van der Waals surface area contributed by atoms with Crippen LogP contribution in [0.5, 0.6) is 0 Å². The summed E-state index contributed by atoms with van der Waals surface area (Å²) in [6.07, 6.45) is 11.5. The standard InChI is InChI=1S/C35H58N4O4/c1-26(2)23-29(37-32(40)30(24-28-18-10-7-11-19-28)38-34(42)43-35(3,4)5)25-39-22-14-20-31(39)33(41)36-21-13-12-17-27-15-8-6-9-16-27/h6,8-9,15-16,26,28-31H,7,10-14,17-25H2,1-5H3,(H,36,41)(H,37,40)(H,38,42)/t29?,30-,31-/m0/s1. The van der Waals surface area contributed by atoms with Gasteiger partial charge in [0.2, 0.25) is 11.8 Å². The van der Waals surface area contributed by atoms with Gasteiger partial charge in [0.15, 0.2) is 0 Å².